The van der Waals surface area contributed by atoms with Gasteiger partial charge in [0.05, 0.1) is 4.34 Å². The third kappa shape index (κ3) is 3.45. The molecule has 3 heterocycles. The molecule has 21 heavy (non-hydrogen) atoms. The molecule has 1 aliphatic heterocycles. The molecule has 0 unspecified atom stereocenters. The van der Waals surface area contributed by atoms with Gasteiger partial charge in [0, 0.05) is 43.7 Å². The van der Waals surface area contributed by atoms with E-state index in [2.05, 4.69) is 16.1 Å². The van der Waals surface area contributed by atoms with Crippen LogP contribution in [0.5, 0.6) is 0 Å². The fourth-order valence-corrected chi connectivity index (χ4v) is 3.53. The Morgan fingerprint density at radius 2 is 2.14 bits per heavy atom. The van der Waals surface area contributed by atoms with Gasteiger partial charge in [0.2, 0.25) is 0 Å². The molecule has 7 heteroatoms. The number of rotatable bonds is 3. The van der Waals surface area contributed by atoms with E-state index in [0.29, 0.717) is 24.5 Å². The molecule has 0 spiro atoms. The van der Waals surface area contributed by atoms with Crippen molar-refractivity contribution < 1.29 is 9.32 Å². The summed E-state index contributed by atoms with van der Waals surface area (Å²) < 4.78 is 5.78. The minimum absolute atomic E-state index is 0.0503. The van der Waals surface area contributed by atoms with E-state index in [9.17, 15) is 4.79 Å². The van der Waals surface area contributed by atoms with Gasteiger partial charge in [-0.05, 0) is 19.1 Å². The van der Waals surface area contributed by atoms with Crippen LogP contribution in [0.1, 0.15) is 21.1 Å². The Labute approximate surface area is 132 Å². The largest absolute Gasteiger partial charge is 0.361 e. The summed E-state index contributed by atoms with van der Waals surface area (Å²) in [5, 5.41) is 3.79. The van der Waals surface area contributed by atoms with Crippen LogP contribution in [-0.4, -0.2) is 47.0 Å². The zero-order valence-electron chi connectivity index (χ0n) is 11.7. The van der Waals surface area contributed by atoms with Crippen LogP contribution in [0.15, 0.2) is 22.7 Å². The smallest absolute Gasteiger partial charge is 0.276 e. The second kappa shape index (κ2) is 6.17. The molecule has 0 aliphatic carbocycles. The lowest BCUT2D eigenvalue weighted by Gasteiger charge is -2.34. The summed E-state index contributed by atoms with van der Waals surface area (Å²) in [6.07, 6.45) is 0. The highest BCUT2D eigenvalue weighted by molar-refractivity contribution is 7.16. The third-order valence-corrected chi connectivity index (χ3v) is 4.73. The number of thiophene rings is 1. The molecule has 112 valence electrons. The molecule has 1 saturated heterocycles. The van der Waals surface area contributed by atoms with Crippen molar-refractivity contribution in [3.63, 3.8) is 0 Å². The maximum absolute atomic E-state index is 12.3. The van der Waals surface area contributed by atoms with E-state index in [0.717, 1.165) is 24.0 Å². The number of piperazine rings is 1. The molecule has 0 bridgehead atoms. The third-order valence-electron chi connectivity index (χ3n) is 3.51. The average molecular weight is 326 g/mol. The van der Waals surface area contributed by atoms with Crippen LogP contribution in [0.25, 0.3) is 0 Å². The van der Waals surface area contributed by atoms with Crippen LogP contribution in [0, 0.1) is 6.92 Å². The molecule has 1 amide bonds. The van der Waals surface area contributed by atoms with Gasteiger partial charge in [-0.1, -0.05) is 16.8 Å². The molecular weight excluding hydrogens is 310 g/mol. The van der Waals surface area contributed by atoms with Gasteiger partial charge in [-0.2, -0.15) is 0 Å². The van der Waals surface area contributed by atoms with Gasteiger partial charge in [-0.3, -0.25) is 9.69 Å². The molecule has 2 aromatic heterocycles. The number of aryl methyl sites for hydroxylation is 1. The van der Waals surface area contributed by atoms with Crippen LogP contribution >= 0.6 is 22.9 Å². The van der Waals surface area contributed by atoms with Crippen molar-refractivity contribution in [1.29, 1.82) is 0 Å². The summed E-state index contributed by atoms with van der Waals surface area (Å²) in [4.78, 5) is 17.7. The van der Waals surface area contributed by atoms with Crippen LogP contribution < -0.4 is 0 Å². The lowest BCUT2D eigenvalue weighted by Crippen LogP contribution is -2.48. The fraction of sp³-hybridized carbons (Fsp3) is 0.429. The van der Waals surface area contributed by atoms with E-state index in [-0.39, 0.29) is 5.91 Å². The van der Waals surface area contributed by atoms with Gasteiger partial charge in [-0.25, -0.2) is 0 Å². The van der Waals surface area contributed by atoms with Crippen molar-refractivity contribution in [2.45, 2.75) is 13.5 Å². The molecule has 0 N–H and O–H groups in total. The molecule has 0 atom stereocenters. The maximum Gasteiger partial charge on any atom is 0.276 e. The van der Waals surface area contributed by atoms with Crippen LogP contribution in [0.2, 0.25) is 4.34 Å². The Kier molecular flexibility index (Phi) is 4.28. The SMILES string of the molecule is Cc1cc(C(=O)N2CCN(Cc3ccc(Cl)s3)CC2)no1. The number of amides is 1. The van der Waals surface area contributed by atoms with Gasteiger partial charge < -0.3 is 9.42 Å². The summed E-state index contributed by atoms with van der Waals surface area (Å²) in [5.74, 6) is 0.609. The molecule has 0 aromatic carbocycles. The second-order valence-electron chi connectivity index (χ2n) is 5.10. The van der Waals surface area contributed by atoms with Crippen LogP contribution in [0.4, 0.5) is 0 Å². The highest BCUT2D eigenvalue weighted by Crippen LogP contribution is 2.23. The average Bonchev–Trinajstić information content (AvgIpc) is 3.08. The van der Waals surface area contributed by atoms with E-state index in [1.54, 1.807) is 24.3 Å². The topological polar surface area (TPSA) is 49.6 Å². The van der Waals surface area contributed by atoms with Gasteiger partial charge in [0.1, 0.15) is 5.76 Å². The van der Waals surface area contributed by atoms with Crippen LogP contribution in [0.3, 0.4) is 0 Å². The second-order valence-corrected chi connectivity index (χ2v) is 6.90. The Morgan fingerprint density at radius 3 is 2.71 bits per heavy atom. The van der Waals surface area contributed by atoms with Crippen LogP contribution in [-0.2, 0) is 6.54 Å². The van der Waals surface area contributed by atoms with E-state index in [4.69, 9.17) is 16.1 Å². The van der Waals surface area contributed by atoms with Gasteiger partial charge >= 0.3 is 0 Å². The van der Waals surface area contributed by atoms with E-state index >= 15 is 0 Å². The quantitative estimate of drug-likeness (QED) is 0.870. The van der Waals surface area contributed by atoms with Crippen molar-refractivity contribution >= 4 is 28.8 Å². The van der Waals surface area contributed by atoms with Crippen molar-refractivity contribution in [3.05, 3.63) is 38.9 Å². The minimum Gasteiger partial charge on any atom is -0.361 e. The molecular formula is C14H16ClN3O2S. The Balaban J connectivity index is 1.54. The summed E-state index contributed by atoms with van der Waals surface area (Å²) in [5.41, 5.74) is 0.394. The molecule has 0 saturated carbocycles. The van der Waals surface area contributed by atoms with E-state index < -0.39 is 0 Å². The van der Waals surface area contributed by atoms with E-state index in [1.165, 1.54) is 4.88 Å². The zero-order valence-corrected chi connectivity index (χ0v) is 13.3. The van der Waals surface area contributed by atoms with Crippen molar-refractivity contribution in [1.82, 2.24) is 15.0 Å². The normalized spacial score (nSPS) is 16.4. The number of carbonyl (C=O) groups excluding carboxylic acids is 1. The molecule has 5 nitrogen and oxygen atoms in total. The van der Waals surface area contributed by atoms with Crippen molar-refractivity contribution in [2.75, 3.05) is 26.2 Å². The standard InChI is InChI=1S/C14H16ClN3O2S/c1-10-8-12(16-20-10)14(19)18-6-4-17(5-7-18)9-11-2-3-13(15)21-11/h2-3,8H,4-7,9H2,1H3. The Morgan fingerprint density at radius 1 is 1.38 bits per heavy atom. The first-order valence-corrected chi connectivity index (χ1v) is 8.00. The predicted molar refractivity (Wildman–Crippen MR) is 81.7 cm³/mol. The van der Waals surface area contributed by atoms with E-state index in [1.807, 2.05) is 11.0 Å². The Bertz CT molecular complexity index is 632. The molecule has 0 radical (unpaired) electrons. The summed E-state index contributed by atoms with van der Waals surface area (Å²) >= 11 is 7.55. The maximum atomic E-state index is 12.3. The summed E-state index contributed by atoms with van der Waals surface area (Å²) in [7, 11) is 0. The summed E-state index contributed by atoms with van der Waals surface area (Å²) in [6.45, 7) is 5.82. The molecule has 2 aromatic rings. The highest BCUT2D eigenvalue weighted by atomic mass is 35.5. The molecule has 3 rings (SSSR count). The van der Waals surface area contributed by atoms with Gasteiger partial charge in [0.15, 0.2) is 5.69 Å². The number of halogens is 1. The van der Waals surface area contributed by atoms with Crippen molar-refractivity contribution in [3.8, 4) is 0 Å². The number of nitrogens with zero attached hydrogens (tertiary/aromatic N) is 3. The van der Waals surface area contributed by atoms with Crippen molar-refractivity contribution in [2.24, 2.45) is 0 Å². The first-order valence-electron chi connectivity index (χ1n) is 6.81. The lowest BCUT2D eigenvalue weighted by atomic mass is 10.2. The number of carbonyl (C=O) groups is 1. The van der Waals surface area contributed by atoms with Gasteiger partial charge in [-0.15, -0.1) is 11.3 Å². The predicted octanol–water partition coefficient (Wildman–Crippen LogP) is 2.66. The Hall–Kier alpha value is -1.37. The lowest BCUT2D eigenvalue weighted by molar-refractivity contribution is 0.0619. The zero-order chi connectivity index (χ0) is 14.8. The number of aromatic nitrogens is 1. The number of hydrogen-bond acceptors (Lipinski definition) is 5. The number of hydrogen-bond donors (Lipinski definition) is 0. The fourth-order valence-electron chi connectivity index (χ4n) is 2.40. The minimum atomic E-state index is -0.0503. The molecule has 1 aliphatic rings. The first kappa shape index (κ1) is 14.6. The first-order chi connectivity index (χ1) is 10.1. The molecule has 1 fully saturated rings. The van der Waals surface area contributed by atoms with Gasteiger partial charge in [0.25, 0.3) is 5.91 Å². The monoisotopic (exact) mass is 325 g/mol. The summed E-state index contributed by atoms with van der Waals surface area (Å²) in [6, 6.07) is 5.67. The highest BCUT2D eigenvalue weighted by Gasteiger charge is 2.24.